The molecule has 0 aliphatic rings. The molecule has 0 aromatic heterocycles. The molecule has 1 N–H and O–H groups in total. The summed E-state index contributed by atoms with van der Waals surface area (Å²) in [5.74, 6) is 0. The lowest BCUT2D eigenvalue weighted by Crippen LogP contribution is -1.67. The second kappa shape index (κ2) is 3.73. The van der Waals surface area contributed by atoms with Crippen molar-refractivity contribution in [2.75, 3.05) is 0 Å². The van der Waals surface area contributed by atoms with Gasteiger partial charge in [0.05, 0.1) is 0 Å². The van der Waals surface area contributed by atoms with E-state index in [0.717, 1.165) is 12.7 Å². The highest BCUT2D eigenvalue weighted by molar-refractivity contribution is 6.09. The molecule has 0 aromatic carbocycles. The standard InChI is InChI=1S/C3H8BN/c4-2-1-3-5/h3,5H,1-2,4H2. The largest absolute Gasteiger partial charge is 0.313 e. The molecule has 0 aliphatic carbocycles. The predicted octanol–water partition coefficient (Wildman–Crippen LogP) is 0.0775. The van der Waals surface area contributed by atoms with Crippen molar-refractivity contribution in [3.8, 4) is 0 Å². The van der Waals surface area contributed by atoms with E-state index in [2.05, 4.69) is 7.85 Å². The van der Waals surface area contributed by atoms with Gasteiger partial charge in [-0.25, -0.2) is 0 Å². The minimum absolute atomic E-state index is 0.931. The summed E-state index contributed by atoms with van der Waals surface area (Å²) in [6.07, 6.45) is 3.46. The van der Waals surface area contributed by atoms with Crippen molar-refractivity contribution in [2.45, 2.75) is 12.7 Å². The Morgan fingerprint density at radius 2 is 2.40 bits per heavy atom. The molecule has 1 nitrogen and oxygen atoms in total. The zero-order valence-electron chi connectivity index (χ0n) is 3.49. The van der Waals surface area contributed by atoms with Crippen molar-refractivity contribution in [2.24, 2.45) is 0 Å². The fourth-order valence-corrected chi connectivity index (χ4v) is 0.144. The highest BCUT2D eigenvalue weighted by Gasteiger charge is 1.64. The van der Waals surface area contributed by atoms with Gasteiger partial charge in [-0.1, -0.05) is 6.32 Å². The van der Waals surface area contributed by atoms with Gasteiger partial charge in [0.1, 0.15) is 7.85 Å². The first kappa shape index (κ1) is 4.73. The van der Waals surface area contributed by atoms with Crippen LogP contribution in [0.25, 0.3) is 0 Å². The Morgan fingerprint density at radius 3 is 2.40 bits per heavy atom. The van der Waals surface area contributed by atoms with E-state index in [-0.39, 0.29) is 0 Å². The van der Waals surface area contributed by atoms with E-state index in [1.54, 1.807) is 0 Å². The molecule has 0 atom stereocenters. The van der Waals surface area contributed by atoms with Crippen LogP contribution in [-0.4, -0.2) is 14.1 Å². The molecule has 0 radical (unpaired) electrons. The van der Waals surface area contributed by atoms with Crippen LogP contribution in [0.5, 0.6) is 0 Å². The molecular weight excluding hydrogens is 60.9 g/mol. The van der Waals surface area contributed by atoms with Crippen molar-refractivity contribution in [1.82, 2.24) is 0 Å². The van der Waals surface area contributed by atoms with Crippen LogP contribution in [0, 0.1) is 5.41 Å². The zero-order chi connectivity index (χ0) is 4.12. The van der Waals surface area contributed by atoms with Crippen LogP contribution in [0.2, 0.25) is 6.32 Å². The van der Waals surface area contributed by atoms with Gasteiger partial charge in [-0.3, -0.25) is 0 Å². The van der Waals surface area contributed by atoms with E-state index in [0.29, 0.717) is 0 Å². The molecule has 0 rings (SSSR count). The molecule has 0 aliphatic heterocycles. The quantitative estimate of drug-likeness (QED) is 0.350. The van der Waals surface area contributed by atoms with Crippen LogP contribution in [0.3, 0.4) is 0 Å². The Labute approximate surface area is 33.3 Å². The third kappa shape index (κ3) is 3.73. The molecule has 0 saturated heterocycles. The smallest absolute Gasteiger partial charge is 0.101 e. The molecule has 0 amide bonds. The van der Waals surface area contributed by atoms with Gasteiger partial charge in [0.15, 0.2) is 0 Å². The molecule has 0 fully saturated rings. The third-order valence-corrected chi connectivity index (χ3v) is 0.433. The van der Waals surface area contributed by atoms with Crippen LogP contribution in [0.15, 0.2) is 0 Å². The van der Waals surface area contributed by atoms with Gasteiger partial charge < -0.3 is 5.41 Å². The molecule has 0 saturated carbocycles. The van der Waals surface area contributed by atoms with Crippen LogP contribution < -0.4 is 0 Å². The minimum atomic E-state index is 0.931. The lowest BCUT2D eigenvalue weighted by molar-refractivity contribution is 1.28. The van der Waals surface area contributed by atoms with E-state index < -0.39 is 0 Å². The van der Waals surface area contributed by atoms with Crippen molar-refractivity contribution >= 4 is 14.1 Å². The molecule has 0 heterocycles. The first-order valence-electron chi connectivity index (χ1n) is 1.90. The lowest BCUT2D eigenvalue weighted by atomic mass is 10.0. The summed E-state index contributed by atoms with van der Waals surface area (Å²) >= 11 is 0. The second-order valence-corrected chi connectivity index (χ2v) is 0.993. The summed E-state index contributed by atoms with van der Waals surface area (Å²) in [6, 6.07) is 0. The first-order chi connectivity index (χ1) is 2.41. The maximum Gasteiger partial charge on any atom is 0.101 e. The number of hydrogen-bond acceptors (Lipinski definition) is 1. The fraction of sp³-hybridized carbons (Fsp3) is 0.667. The lowest BCUT2D eigenvalue weighted by Gasteiger charge is -1.70. The fourth-order valence-electron chi connectivity index (χ4n) is 0.144. The van der Waals surface area contributed by atoms with E-state index in [9.17, 15) is 0 Å². The molecule has 0 aromatic rings. The Kier molecular flexibility index (Phi) is 3.54. The average molecular weight is 68.9 g/mol. The van der Waals surface area contributed by atoms with Crippen LogP contribution >= 0.6 is 0 Å². The van der Waals surface area contributed by atoms with Gasteiger partial charge >= 0.3 is 0 Å². The summed E-state index contributed by atoms with van der Waals surface area (Å²) in [7, 11) is 2.06. The van der Waals surface area contributed by atoms with E-state index in [1.165, 1.54) is 6.21 Å². The Bertz CT molecular complexity index is 28.1. The van der Waals surface area contributed by atoms with Crippen LogP contribution in [0.1, 0.15) is 6.42 Å². The summed E-state index contributed by atoms with van der Waals surface area (Å²) in [6.45, 7) is 0. The first-order valence-corrected chi connectivity index (χ1v) is 1.90. The molecule has 0 unspecified atom stereocenters. The highest BCUT2D eigenvalue weighted by atomic mass is 14.3. The molecule has 2 heteroatoms. The normalized spacial score (nSPS) is 7.20. The van der Waals surface area contributed by atoms with Gasteiger partial charge in [-0.05, 0) is 12.6 Å². The maximum absolute atomic E-state index is 6.48. The van der Waals surface area contributed by atoms with Gasteiger partial charge in [-0.15, -0.1) is 0 Å². The zero-order valence-corrected chi connectivity index (χ0v) is 3.49. The number of nitrogens with one attached hydrogen (secondary N) is 1. The molecular formula is C3H8BN. The van der Waals surface area contributed by atoms with Crippen molar-refractivity contribution in [1.29, 1.82) is 5.41 Å². The monoisotopic (exact) mass is 69.1 g/mol. The van der Waals surface area contributed by atoms with Crippen LogP contribution in [0.4, 0.5) is 0 Å². The minimum Gasteiger partial charge on any atom is -0.313 e. The van der Waals surface area contributed by atoms with E-state index in [1.807, 2.05) is 0 Å². The van der Waals surface area contributed by atoms with Crippen molar-refractivity contribution < 1.29 is 0 Å². The average Bonchev–Trinajstić information content (AvgIpc) is 1.41. The Morgan fingerprint density at radius 1 is 1.80 bits per heavy atom. The summed E-state index contributed by atoms with van der Waals surface area (Å²) < 4.78 is 0. The second-order valence-electron chi connectivity index (χ2n) is 0.993. The third-order valence-electron chi connectivity index (χ3n) is 0.433. The predicted molar refractivity (Wildman–Crippen MR) is 26.8 cm³/mol. The summed E-state index contributed by atoms with van der Waals surface area (Å²) in [4.78, 5) is 0. The maximum atomic E-state index is 6.48. The number of rotatable bonds is 2. The molecule has 5 heavy (non-hydrogen) atoms. The van der Waals surface area contributed by atoms with Crippen LogP contribution in [-0.2, 0) is 0 Å². The van der Waals surface area contributed by atoms with Crippen molar-refractivity contribution in [3.05, 3.63) is 0 Å². The van der Waals surface area contributed by atoms with Crippen molar-refractivity contribution in [3.63, 3.8) is 0 Å². The Hall–Kier alpha value is -0.265. The SMILES string of the molecule is BCCC=N. The number of hydrogen-bond donors (Lipinski definition) is 1. The van der Waals surface area contributed by atoms with E-state index in [4.69, 9.17) is 5.41 Å². The van der Waals surface area contributed by atoms with Gasteiger partial charge in [0, 0.05) is 0 Å². The van der Waals surface area contributed by atoms with Gasteiger partial charge in [0.25, 0.3) is 0 Å². The van der Waals surface area contributed by atoms with E-state index >= 15 is 0 Å². The Balaban J connectivity index is 2.40. The highest BCUT2D eigenvalue weighted by Crippen LogP contribution is 1.72. The summed E-state index contributed by atoms with van der Waals surface area (Å²) in [5, 5.41) is 6.48. The summed E-state index contributed by atoms with van der Waals surface area (Å²) in [5.41, 5.74) is 0. The topological polar surface area (TPSA) is 23.9 Å². The van der Waals surface area contributed by atoms with Gasteiger partial charge in [0.2, 0.25) is 0 Å². The molecule has 28 valence electrons. The van der Waals surface area contributed by atoms with Gasteiger partial charge in [-0.2, -0.15) is 0 Å². The molecule has 0 bridgehead atoms. The molecule has 0 spiro atoms.